The highest BCUT2D eigenvalue weighted by molar-refractivity contribution is 6.36. The SMILES string of the molecule is O=C(Nc1c(F)cccc1Cl)c1cc(Cl)ncc1Cl. The van der Waals surface area contributed by atoms with Crippen molar-refractivity contribution in [1.29, 1.82) is 0 Å². The quantitative estimate of drug-likeness (QED) is 0.832. The number of pyridine rings is 1. The van der Waals surface area contributed by atoms with Crippen molar-refractivity contribution in [2.75, 3.05) is 5.32 Å². The Kier molecular flexibility index (Phi) is 4.24. The maximum atomic E-state index is 13.5. The van der Waals surface area contributed by atoms with E-state index in [1.54, 1.807) is 0 Å². The summed E-state index contributed by atoms with van der Waals surface area (Å²) in [4.78, 5) is 15.7. The Balaban J connectivity index is 2.34. The Morgan fingerprint density at radius 2 is 1.95 bits per heavy atom. The lowest BCUT2D eigenvalue weighted by molar-refractivity contribution is 0.102. The number of rotatable bonds is 2. The van der Waals surface area contributed by atoms with Crippen molar-refractivity contribution in [2.24, 2.45) is 0 Å². The second-order valence-electron chi connectivity index (χ2n) is 3.54. The van der Waals surface area contributed by atoms with E-state index >= 15 is 0 Å². The molecule has 1 amide bonds. The second-order valence-corrected chi connectivity index (χ2v) is 4.74. The maximum absolute atomic E-state index is 13.5. The summed E-state index contributed by atoms with van der Waals surface area (Å²) >= 11 is 17.3. The monoisotopic (exact) mass is 318 g/mol. The number of aromatic nitrogens is 1. The Morgan fingerprint density at radius 1 is 1.21 bits per heavy atom. The maximum Gasteiger partial charge on any atom is 0.257 e. The largest absolute Gasteiger partial charge is 0.318 e. The van der Waals surface area contributed by atoms with Crippen molar-refractivity contribution < 1.29 is 9.18 Å². The zero-order valence-electron chi connectivity index (χ0n) is 9.25. The molecule has 1 N–H and O–H groups in total. The van der Waals surface area contributed by atoms with Gasteiger partial charge in [-0.25, -0.2) is 9.37 Å². The van der Waals surface area contributed by atoms with Crippen molar-refractivity contribution in [3.63, 3.8) is 0 Å². The average molecular weight is 320 g/mol. The smallest absolute Gasteiger partial charge is 0.257 e. The van der Waals surface area contributed by atoms with Crippen LogP contribution in [0.2, 0.25) is 15.2 Å². The van der Waals surface area contributed by atoms with Crippen LogP contribution in [0.3, 0.4) is 0 Å². The summed E-state index contributed by atoms with van der Waals surface area (Å²) in [5.74, 6) is -1.27. The second kappa shape index (κ2) is 5.74. The summed E-state index contributed by atoms with van der Waals surface area (Å²) < 4.78 is 13.5. The van der Waals surface area contributed by atoms with Crippen LogP contribution in [-0.4, -0.2) is 10.9 Å². The van der Waals surface area contributed by atoms with Gasteiger partial charge in [-0.3, -0.25) is 4.79 Å². The van der Waals surface area contributed by atoms with Gasteiger partial charge in [0.25, 0.3) is 5.91 Å². The summed E-state index contributed by atoms with van der Waals surface area (Å²) in [5, 5.41) is 2.65. The third-order valence-electron chi connectivity index (χ3n) is 2.27. The molecule has 2 rings (SSSR count). The topological polar surface area (TPSA) is 42.0 Å². The van der Waals surface area contributed by atoms with Gasteiger partial charge in [0.15, 0.2) is 0 Å². The minimum absolute atomic E-state index is 0.0842. The average Bonchev–Trinajstić information content (AvgIpc) is 2.37. The minimum Gasteiger partial charge on any atom is -0.318 e. The molecule has 0 unspecified atom stereocenters. The molecule has 0 fully saturated rings. The first-order valence-electron chi connectivity index (χ1n) is 5.05. The fraction of sp³-hybridized carbons (Fsp3) is 0. The van der Waals surface area contributed by atoms with Gasteiger partial charge in [0.05, 0.1) is 21.3 Å². The number of carbonyl (C=O) groups is 1. The molecular weight excluding hydrogens is 314 g/mol. The number of nitrogens with one attached hydrogen (secondary N) is 1. The van der Waals surface area contributed by atoms with Crippen molar-refractivity contribution in [3.05, 3.63) is 57.0 Å². The highest BCUT2D eigenvalue weighted by Crippen LogP contribution is 2.26. The molecule has 0 atom stereocenters. The van der Waals surface area contributed by atoms with Crippen LogP contribution in [0.25, 0.3) is 0 Å². The summed E-state index contributed by atoms with van der Waals surface area (Å²) in [6, 6.07) is 5.36. The number of halogens is 4. The van der Waals surface area contributed by atoms with Crippen LogP contribution in [0.15, 0.2) is 30.5 Å². The number of para-hydroxylation sites is 1. The van der Waals surface area contributed by atoms with Crippen LogP contribution in [0.5, 0.6) is 0 Å². The lowest BCUT2D eigenvalue weighted by Gasteiger charge is -2.09. The summed E-state index contributed by atoms with van der Waals surface area (Å²) in [6.45, 7) is 0. The molecule has 0 aliphatic heterocycles. The number of hydrogen-bond donors (Lipinski definition) is 1. The first-order valence-corrected chi connectivity index (χ1v) is 6.19. The molecule has 7 heteroatoms. The van der Waals surface area contributed by atoms with Crippen molar-refractivity contribution in [3.8, 4) is 0 Å². The molecule has 3 nitrogen and oxygen atoms in total. The molecule has 1 aromatic heterocycles. The molecule has 19 heavy (non-hydrogen) atoms. The Labute approximate surface area is 123 Å². The molecule has 0 aliphatic rings. The zero-order chi connectivity index (χ0) is 14.0. The van der Waals surface area contributed by atoms with Crippen LogP contribution in [0, 0.1) is 5.82 Å². The van der Waals surface area contributed by atoms with E-state index in [1.807, 2.05) is 0 Å². The molecule has 1 aromatic carbocycles. The van der Waals surface area contributed by atoms with Gasteiger partial charge in [0.2, 0.25) is 0 Å². The molecular formula is C12H6Cl3FN2O. The predicted octanol–water partition coefficient (Wildman–Crippen LogP) is 4.43. The van der Waals surface area contributed by atoms with Crippen LogP contribution in [0.1, 0.15) is 10.4 Å². The lowest BCUT2D eigenvalue weighted by atomic mass is 10.2. The Morgan fingerprint density at radius 3 is 2.63 bits per heavy atom. The molecule has 0 saturated heterocycles. The van der Waals surface area contributed by atoms with Crippen molar-refractivity contribution in [2.45, 2.75) is 0 Å². The van der Waals surface area contributed by atoms with Gasteiger partial charge in [-0.2, -0.15) is 0 Å². The van der Waals surface area contributed by atoms with Gasteiger partial charge in [0, 0.05) is 6.20 Å². The van der Waals surface area contributed by atoms with Crippen LogP contribution in [-0.2, 0) is 0 Å². The van der Waals surface area contributed by atoms with E-state index in [4.69, 9.17) is 34.8 Å². The van der Waals surface area contributed by atoms with Crippen LogP contribution < -0.4 is 5.32 Å². The Hall–Kier alpha value is -1.36. The van der Waals surface area contributed by atoms with E-state index < -0.39 is 11.7 Å². The van der Waals surface area contributed by atoms with E-state index in [0.29, 0.717) is 0 Å². The fourth-order valence-electron chi connectivity index (χ4n) is 1.39. The van der Waals surface area contributed by atoms with E-state index in [-0.39, 0.29) is 26.4 Å². The normalized spacial score (nSPS) is 10.3. The van der Waals surface area contributed by atoms with Crippen molar-refractivity contribution >= 4 is 46.4 Å². The summed E-state index contributed by atoms with van der Waals surface area (Å²) in [7, 11) is 0. The molecule has 0 aliphatic carbocycles. The molecule has 0 radical (unpaired) electrons. The molecule has 0 spiro atoms. The number of amides is 1. The number of anilines is 1. The number of benzene rings is 1. The van der Waals surface area contributed by atoms with E-state index in [2.05, 4.69) is 10.3 Å². The number of carbonyl (C=O) groups excluding carboxylic acids is 1. The van der Waals surface area contributed by atoms with Gasteiger partial charge in [-0.15, -0.1) is 0 Å². The highest BCUT2D eigenvalue weighted by Gasteiger charge is 2.15. The summed E-state index contributed by atoms with van der Waals surface area (Å²) in [6.07, 6.45) is 1.24. The van der Waals surface area contributed by atoms with E-state index in [0.717, 1.165) is 0 Å². The number of hydrogen-bond acceptors (Lipinski definition) is 2. The van der Waals surface area contributed by atoms with Crippen LogP contribution in [0.4, 0.5) is 10.1 Å². The molecule has 2 aromatic rings. The van der Waals surface area contributed by atoms with E-state index in [9.17, 15) is 9.18 Å². The summed E-state index contributed by atoms with van der Waals surface area (Å²) in [5.41, 5.74) is -0.0286. The lowest BCUT2D eigenvalue weighted by Crippen LogP contribution is -2.14. The third kappa shape index (κ3) is 3.15. The van der Waals surface area contributed by atoms with Gasteiger partial charge in [-0.1, -0.05) is 40.9 Å². The highest BCUT2D eigenvalue weighted by atomic mass is 35.5. The standard InChI is InChI=1S/C12H6Cl3FN2O/c13-7-2-1-3-9(16)11(7)18-12(19)6-4-10(15)17-5-8(6)14/h1-5H,(H,18,19). The molecule has 98 valence electrons. The zero-order valence-corrected chi connectivity index (χ0v) is 11.5. The predicted molar refractivity (Wildman–Crippen MR) is 73.6 cm³/mol. The van der Waals surface area contributed by atoms with Gasteiger partial charge in [-0.05, 0) is 18.2 Å². The number of nitrogens with zero attached hydrogens (tertiary/aromatic N) is 1. The molecule has 0 saturated carbocycles. The first-order chi connectivity index (χ1) is 8.99. The third-order valence-corrected chi connectivity index (χ3v) is 3.09. The van der Waals surface area contributed by atoms with Gasteiger partial charge < -0.3 is 5.32 Å². The Bertz CT molecular complexity index is 629. The van der Waals surface area contributed by atoms with Crippen molar-refractivity contribution in [1.82, 2.24) is 4.98 Å². The first kappa shape index (κ1) is 14.1. The molecule has 1 heterocycles. The van der Waals surface area contributed by atoms with Gasteiger partial charge in [0.1, 0.15) is 11.0 Å². The molecule has 0 bridgehead atoms. The minimum atomic E-state index is -0.642. The van der Waals surface area contributed by atoms with E-state index in [1.165, 1.54) is 30.5 Å². The fourth-order valence-corrected chi connectivity index (χ4v) is 1.94. The van der Waals surface area contributed by atoms with Gasteiger partial charge >= 0.3 is 0 Å². The van der Waals surface area contributed by atoms with Crippen LogP contribution >= 0.6 is 34.8 Å².